The van der Waals surface area contributed by atoms with Gasteiger partial charge in [-0.1, -0.05) is 20.8 Å². The molecule has 0 aliphatic carbocycles. The highest BCUT2D eigenvalue weighted by molar-refractivity contribution is 7.11. The highest BCUT2D eigenvalue weighted by atomic mass is 32.1. The number of nitrogens with zero attached hydrogens (tertiary/aromatic N) is 2. The summed E-state index contributed by atoms with van der Waals surface area (Å²) in [4.78, 5) is 8.19. The highest BCUT2D eigenvalue weighted by Crippen LogP contribution is 2.19. The first-order valence-electron chi connectivity index (χ1n) is 8.40. The summed E-state index contributed by atoms with van der Waals surface area (Å²) < 4.78 is 0. The van der Waals surface area contributed by atoms with Crippen LogP contribution in [-0.4, -0.2) is 49.1 Å². The van der Waals surface area contributed by atoms with Gasteiger partial charge in [-0.2, -0.15) is 0 Å². The Kier molecular flexibility index (Phi) is 7.17. The minimum atomic E-state index is 0.784. The lowest BCUT2D eigenvalue weighted by molar-refractivity contribution is 0.118. The zero-order valence-corrected chi connectivity index (χ0v) is 14.7. The van der Waals surface area contributed by atoms with Crippen LogP contribution in [-0.2, 0) is 13.1 Å². The predicted molar refractivity (Wildman–Crippen MR) is 92.9 cm³/mol. The van der Waals surface area contributed by atoms with E-state index < -0.39 is 0 Å². The van der Waals surface area contributed by atoms with Crippen LogP contribution in [0.1, 0.15) is 36.9 Å². The average molecular weight is 310 g/mol. The second-order valence-corrected chi connectivity index (χ2v) is 7.77. The van der Waals surface area contributed by atoms with Gasteiger partial charge >= 0.3 is 0 Å². The fourth-order valence-electron chi connectivity index (χ4n) is 2.86. The second-order valence-electron chi connectivity index (χ2n) is 6.52. The van der Waals surface area contributed by atoms with Gasteiger partial charge in [-0.3, -0.25) is 4.90 Å². The first kappa shape index (κ1) is 16.9. The van der Waals surface area contributed by atoms with Crippen molar-refractivity contribution >= 4 is 11.3 Å². The van der Waals surface area contributed by atoms with Gasteiger partial charge in [-0.15, -0.1) is 11.3 Å². The van der Waals surface area contributed by atoms with Crippen molar-refractivity contribution in [1.29, 1.82) is 0 Å². The summed E-state index contributed by atoms with van der Waals surface area (Å²) >= 11 is 1.97. The molecule has 21 heavy (non-hydrogen) atoms. The van der Waals surface area contributed by atoms with Crippen molar-refractivity contribution in [2.75, 3.05) is 39.3 Å². The standard InChI is InChI=1S/C17H31N3S/c1-4-7-18-12-16-5-6-17(21-16)14-20-10-8-19(9-11-20)13-15(2)3/h5-6,15,18H,4,7-14H2,1-3H3. The molecule has 0 unspecified atom stereocenters. The first-order chi connectivity index (χ1) is 10.2. The zero-order valence-electron chi connectivity index (χ0n) is 13.9. The summed E-state index contributed by atoms with van der Waals surface area (Å²) in [5.41, 5.74) is 0. The van der Waals surface area contributed by atoms with Crippen LogP contribution in [0.25, 0.3) is 0 Å². The van der Waals surface area contributed by atoms with Crippen molar-refractivity contribution < 1.29 is 0 Å². The predicted octanol–water partition coefficient (Wildman–Crippen LogP) is 3.02. The molecule has 1 aliphatic rings. The molecule has 3 nitrogen and oxygen atoms in total. The van der Waals surface area contributed by atoms with E-state index in [1.807, 2.05) is 11.3 Å². The van der Waals surface area contributed by atoms with E-state index in [0.717, 1.165) is 25.6 Å². The lowest BCUT2D eigenvalue weighted by Gasteiger charge is -2.35. The van der Waals surface area contributed by atoms with E-state index in [1.165, 1.54) is 48.9 Å². The molecule has 1 aliphatic heterocycles. The molecule has 0 radical (unpaired) electrons. The molecule has 0 saturated carbocycles. The fraction of sp³-hybridized carbons (Fsp3) is 0.765. The zero-order chi connectivity index (χ0) is 15.1. The number of rotatable bonds is 8. The number of piperazine rings is 1. The van der Waals surface area contributed by atoms with E-state index in [9.17, 15) is 0 Å². The van der Waals surface area contributed by atoms with Gasteiger partial charge in [0.2, 0.25) is 0 Å². The van der Waals surface area contributed by atoms with Gasteiger partial charge in [0.25, 0.3) is 0 Å². The average Bonchev–Trinajstić information content (AvgIpc) is 2.88. The summed E-state index contributed by atoms with van der Waals surface area (Å²) in [6.07, 6.45) is 1.21. The minimum Gasteiger partial charge on any atom is -0.312 e. The smallest absolute Gasteiger partial charge is 0.0329 e. The summed E-state index contributed by atoms with van der Waals surface area (Å²) in [6, 6.07) is 4.60. The summed E-state index contributed by atoms with van der Waals surface area (Å²) in [5.74, 6) is 0.784. The SMILES string of the molecule is CCCNCc1ccc(CN2CCN(CC(C)C)CC2)s1. The van der Waals surface area contributed by atoms with Crippen LogP contribution in [0.3, 0.4) is 0 Å². The van der Waals surface area contributed by atoms with Crippen molar-refractivity contribution in [3.63, 3.8) is 0 Å². The van der Waals surface area contributed by atoms with E-state index in [-0.39, 0.29) is 0 Å². The number of hydrogen-bond acceptors (Lipinski definition) is 4. The molecule has 1 aromatic heterocycles. The third kappa shape index (κ3) is 6.07. The van der Waals surface area contributed by atoms with E-state index in [1.54, 1.807) is 0 Å². The lowest BCUT2D eigenvalue weighted by Crippen LogP contribution is -2.46. The van der Waals surface area contributed by atoms with E-state index in [0.29, 0.717) is 0 Å². The molecular formula is C17H31N3S. The molecule has 120 valence electrons. The number of thiophene rings is 1. The highest BCUT2D eigenvalue weighted by Gasteiger charge is 2.17. The number of hydrogen-bond donors (Lipinski definition) is 1. The second kappa shape index (κ2) is 8.89. The van der Waals surface area contributed by atoms with Gasteiger partial charge in [-0.05, 0) is 31.0 Å². The summed E-state index contributed by atoms with van der Waals surface area (Å²) in [7, 11) is 0. The monoisotopic (exact) mass is 309 g/mol. The topological polar surface area (TPSA) is 18.5 Å². The van der Waals surface area contributed by atoms with E-state index >= 15 is 0 Å². The van der Waals surface area contributed by atoms with Gasteiger partial charge in [-0.25, -0.2) is 0 Å². The van der Waals surface area contributed by atoms with Crippen molar-refractivity contribution in [3.8, 4) is 0 Å². The van der Waals surface area contributed by atoms with Crippen LogP contribution < -0.4 is 5.32 Å². The third-order valence-corrected chi connectivity index (χ3v) is 4.98. The normalized spacial score (nSPS) is 17.7. The largest absolute Gasteiger partial charge is 0.312 e. The van der Waals surface area contributed by atoms with Gasteiger partial charge in [0.05, 0.1) is 0 Å². The van der Waals surface area contributed by atoms with Gasteiger partial charge in [0.15, 0.2) is 0 Å². The van der Waals surface area contributed by atoms with Crippen molar-refractivity contribution in [1.82, 2.24) is 15.1 Å². The molecule has 0 aromatic carbocycles. The molecule has 1 fully saturated rings. The van der Waals surface area contributed by atoms with E-state index in [4.69, 9.17) is 0 Å². The Labute approximate surface area is 134 Å². The Bertz CT molecular complexity index is 394. The molecule has 1 aromatic rings. The molecule has 0 atom stereocenters. The lowest BCUT2D eigenvalue weighted by atomic mass is 10.2. The minimum absolute atomic E-state index is 0.784. The molecule has 1 saturated heterocycles. The van der Waals surface area contributed by atoms with Crippen LogP contribution in [0.4, 0.5) is 0 Å². The molecule has 2 heterocycles. The molecule has 1 N–H and O–H groups in total. The van der Waals surface area contributed by atoms with Gasteiger partial charge in [0, 0.05) is 55.6 Å². The number of nitrogens with one attached hydrogen (secondary N) is 1. The molecule has 0 spiro atoms. The van der Waals surface area contributed by atoms with Crippen LogP contribution in [0.15, 0.2) is 12.1 Å². The Morgan fingerprint density at radius 2 is 1.76 bits per heavy atom. The van der Waals surface area contributed by atoms with Gasteiger partial charge in [0.1, 0.15) is 0 Å². The maximum absolute atomic E-state index is 3.48. The van der Waals surface area contributed by atoms with Crippen molar-refractivity contribution in [3.05, 3.63) is 21.9 Å². The van der Waals surface area contributed by atoms with Crippen LogP contribution >= 0.6 is 11.3 Å². The Balaban J connectivity index is 1.71. The van der Waals surface area contributed by atoms with Crippen molar-refractivity contribution in [2.24, 2.45) is 5.92 Å². The van der Waals surface area contributed by atoms with Crippen LogP contribution in [0.2, 0.25) is 0 Å². The third-order valence-electron chi connectivity index (χ3n) is 3.91. The summed E-state index contributed by atoms with van der Waals surface area (Å²) in [5, 5.41) is 3.48. The molecule has 0 amide bonds. The van der Waals surface area contributed by atoms with Crippen molar-refractivity contribution in [2.45, 2.75) is 40.3 Å². The fourth-order valence-corrected chi connectivity index (χ4v) is 3.89. The molecule has 0 bridgehead atoms. The van der Waals surface area contributed by atoms with Crippen LogP contribution in [0.5, 0.6) is 0 Å². The van der Waals surface area contributed by atoms with Gasteiger partial charge < -0.3 is 10.2 Å². The molecule has 4 heteroatoms. The van der Waals surface area contributed by atoms with Crippen LogP contribution in [0, 0.1) is 5.92 Å². The molecule has 2 rings (SSSR count). The summed E-state index contributed by atoms with van der Waals surface area (Å²) in [6.45, 7) is 16.3. The Hall–Kier alpha value is -0.420. The van der Waals surface area contributed by atoms with E-state index in [2.05, 4.69) is 48.0 Å². The quantitative estimate of drug-likeness (QED) is 0.745. The first-order valence-corrected chi connectivity index (χ1v) is 9.22. The Morgan fingerprint density at radius 1 is 1.10 bits per heavy atom. The molecular weight excluding hydrogens is 278 g/mol. The maximum atomic E-state index is 3.48. The maximum Gasteiger partial charge on any atom is 0.0329 e. The Morgan fingerprint density at radius 3 is 2.43 bits per heavy atom.